The number of hydrogen-bond acceptors (Lipinski definition) is 3. The molecule has 0 spiro atoms. The molecule has 0 radical (unpaired) electrons. The molecule has 0 saturated carbocycles. The van der Waals surface area contributed by atoms with E-state index in [0.29, 0.717) is 17.2 Å². The van der Waals surface area contributed by atoms with E-state index in [2.05, 4.69) is 44.3 Å². The second kappa shape index (κ2) is 5.52. The Labute approximate surface area is 90.6 Å². The minimum Gasteiger partial charge on any atom is -0.326 e. The van der Waals surface area contributed by atoms with Crippen LogP contribution in [0.3, 0.4) is 0 Å². The summed E-state index contributed by atoms with van der Waals surface area (Å²) >= 11 is 4.20. The molecule has 1 aliphatic rings. The van der Waals surface area contributed by atoms with Gasteiger partial charge in [-0.25, -0.2) is 0 Å². The molecule has 0 bridgehead atoms. The third-order valence-corrected chi connectivity index (χ3v) is 6.04. The zero-order valence-corrected chi connectivity index (χ0v) is 10.5. The fourth-order valence-corrected chi connectivity index (χ4v) is 5.04. The molecule has 2 N–H and O–H groups in total. The molecule has 0 aromatic carbocycles. The topological polar surface area (TPSA) is 26.0 Å². The molecule has 1 nitrogen and oxygen atoms in total. The molecule has 1 aliphatic heterocycles. The lowest BCUT2D eigenvalue weighted by atomic mass is 9.99. The monoisotopic (exact) mass is 219 g/mol. The van der Waals surface area contributed by atoms with E-state index in [1.165, 1.54) is 17.9 Å². The molecule has 1 heterocycles. The SMILES string of the molecule is CCC1SCCSC1C(N)C(C)C. The van der Waals surface area contributed by atoms with Crippen molar-refractivity contribution in [2.75, 3.05) is 11.5 Å². The Hall–Kier alpha value is 0.660. The Kier molecular flexibility index (Phi) is 4.98. The van der Waals surface area contributed by atoms with Crippen molar-refractivity contribution < 1.29 is 0 Å². The van der Waals surface area contributed by atoms with E-state index in [9.17, 15) is 0 Å². The zero-order valence-electron chi connectivity index (χ0n) is 8.82. The van der Waals surface area contributed by atoms with Gasteiger partial charge in [-0.2, -0.15) is 23.5 Å². The second-order valence-corrected chi connectivity index (χ2v) is 6.61. The molecule has 0 aromatic rings. The molecule has 3 unspecified atom stereocenters. The first-order valence-corrected chi connectivity index (χ1v) is 7.25. The summed E-state index contributed by atoms with van der Waals surface area (Å²) in [5.41, 5.74) is 6.22. The Bertz CT molecular complexity index is 148. The quantitative estimate of drug-likeness (QED) is 0.790. The van der Waals surface area contributed by atoms with Gasteiger partial charge in [0.15, 0.2) is 0 Å². The fourth-order valence-electron chi connectivity index (χ4n) is 1.67. The third kappa shape index (κ3) is 3.07. The van der Waals surface area contributed by atoms with E-state index in [1.54, 1.807) is 0 Å². The van der Waals surface area contributed by atoms with Crippen molar-refractivity contribution in [3.63, 3.8) is 0 Å². The van der Waals surface area contributed by atoms with Crippen LogP contribution in [0.15, 0.2) is 0 Å². The maximum atomic E-state index is 6.22. The lowest BCUT2D eigenvalue weighted by molar-refractivity contribution is 0.465. The molecule has 0 aromatic heterocycles. The third-order valence-electron chi connectivity index (χ3n) is 2.64. The van der Waals surface area contributed by atoms with Gasteiger partial charge >= 0.3 is 0 Å². The van der Waals surface area contributed by atoms with Gasteiger partial charge in [0.2, 0.25) is 0 Å². The van der Waals surface area contributed by atoms with Gasteiger partial charge in [0.1, 0.15) is 0 Å². The van der Waals surface area contributed by atoms with Crippen LogP contribution in [0, 0.1) is 5.92 Å². The fraction of sp³-hybridized carbons (Fsp3) is 1.00. The predicted octanol–water partition coefficient (Wildman–Crippen LogP) is 2.60. The van der Waals surface area contributed by atoms with Crippen molar-refractivity contribution in [1.82, 2.24) is 0 Å². The van der Waals surface area contributed by atoms with E-state index in [1.807, 2.05) is 0 Å². The lowest BCUT2D eigenvalue weighted by Crippen LogP contribution is -2.44. The molecule has 0 aliphatic carbocycles. The summed E-state index contributed by atoms with van der Waals surface area (Å²) in [4.78, 5) is 0. The summed E-state index contributed by atoms with van der Waals surface area (Å²) in [6, 6.07) is 0.378. The largest absolute Gasteiger partial charge is 0.326 e. The highest BCUT2D eigenvalue weighted by molar-refractivity contribution is 8.07. The Morgan fingerprint density at radius 1 is 1.31 bits per heavy atom. The zero-order chi connectivity index (χ0) is 9.84. The molecule has 1 saturated heterocycles. The summed E-state index contributed by atoms with van der Waals surface area (Å²) < 4.78 is 0. The van der Waals surface area contributed by atoms with E-state index >= 15 is 0 Å². The maximum absolute atomic E-state index is 6.22. The van der Waals surface area contributed by atoms with Crippen LogP contribution in [0.5, 0.6) is 0 Å². The molecule has 1 fully saturated rings. The van der Waals surface area contributed by atoms with Crippen molar-refractivity contribution in [2.24, 2.45) is 11.7 Å². The number of hydrogen-bond donors (Lipinski definition) is 1. The van der Waals surface area contributed by atoms with Crippen LogP contribution in [0.4, 0.5) is 0 Å². The van der Waals surface area contributed by atoms with Gasteiger partial charge in [0, 0.05) is 28.0 Å². The smallest absolute Gasteiger partial charge is 0.0320 e. The van der Waals surface area contributed by atoms with E-state index in [0.717, 1.165) is 5.25 Å². The van der Waals surface area contributed by atoms with Crippen LogP contribution in [-0.4, -0.2) is 28.0 Å². The van der Waals surface area contributed by atoms with Gasteiger partial charge in [0.05, 0.1) is 0 Å². The summed E-state index contributed by atoms with van der Waals surface area (Å²) in [5, 5.41) is 1.47. The normalized spacial score (nSPS) is 32.1. The number of thioether (sulfide) groups is 2. The van der Waals surface area contributed by atoms with Gasteiger partial charge in [-0.3, -0.25) is 0 Å². The summed E-state index contributed by atoms with van der Waals surface area (Å²) in [7, 11) is 0. The molecule has 0 amide bonds. The highest BCUT2D eigenvalue weighted by Gasteiger charge is 2.31. The average molecular weight is 219 g/mol. The minimum absolute atomic E-state index is 0.378. The van der Waals surface area contributed by atoms with E-state index < -0.39 is 0 Å². The molecule has 3 heteroatoms. The molecule has 78 valence electrons. The molecule has 1 rings (SSSR count). The van der Waals surface area contributed by atoms with Crippen molar-refractivity contribution >= 4 is 23.5 Å². The summed E-state index contributed by atoms with van der Waals surface area (Å²) in [6.07, 6.45) is 1.27. The Morgan fingerprint density at radius 3 is 2.46 bits per heavy atom. The van der Waals surface area contributed by atoms with Crippen molar-refractivity contribution in [1.29, 1.82) is 0 Å². The first-order valence-electron chi connectivity index (χ1n) is 5.15. The first kappa shape index (κ1) is 11.7. The lowest BCUT2D eigenvalue weighted by Gasteiger charge is -2.35. The van der Waals surface area contributed by atoms with Crippen LogP contribution in [0.2, 0.25) is 0 Å². The maximum Gasteiger partial charge on any atom is 0.0320 e. The standard InChI is InChI=1S/C10H21NS2/c1-4-8-10(9(11)7(2)3)13-6-5-12-8/h7-10H,4-6,11H2,1-3H3. The van der Waals surface area contributed by atoms with Gasteiger partial charge in [0.25, 0.3) is 0 Å². The average Bonchev–Trinajstić information content (AvgIpc) is 2.16. The Morgan fingerprint density at radius 2 is 1.92 bits per heavy atom. The van der Waals surface area contributed by atoms with Gasteiger partial charge in [-0.15, -0.1) is 0 Å². The molecular weight excluding hydrogens is 198 g/mol. The Balaban J connectivity index is 2.53. The van der Waals surface area contributed by atoms with Gasteiger partial charge in [-0.05, 0) is 12.3 Å². The van der Waals surface area contributed by atoms with E-state index in [4.69, 9.17) is 5.73 Å². The number of rotatable bonds is 3. The van der Waals surface area contributed by atoms with Crippen molar-refractivity contribution in [2.45, 2.75) is 43.7 Å². The molecular formula is C10H21NS2. The summed E-state index contributed by atoms with van der Waals surface area (Å²) in [6.45, 7) is 6.75. The van der Waals surface area contributed by atoms with Crippen LogP contribution in [0.25, 0.3) is 0 Å². The summed E-state index contributed by atoms with van der Waals surface area (Å²) in [5.74, 6) is 3.21. The highest BCUT2D eigenvalue weighted by atomic mass is 32.2. The van der Waals surface area contributed by atoms with Gasteiger partial charge in [-0.1, -0.05) is 20.8 Å². The predicted molar refractivity (Wildman–Crippen MR) is 65.6 cm³/mol. The second-order valence-electron chi connectivity index (χ2n) is 3.97. The minimum atomic E-state index is 0.378. The molecule has 3 atom stereocenters. The number of nitrogens with two attached hydrogens (primary N) is 1. The van der Waals surface area contributed by atoms with Crippen LogP contribution in [-0.2, 0) is 0 Å². The van der Waals surface area contributed by atoms with Gasteiger partial charge < -0.3 is 5.73 Å². The van der Waals surface area contributed by atoms with Crippen LogP contribution in [0.1, 0.15) is 27.2 Å². The van der Waals surface area contributed by atoms with Crippen LogP contribution < -0.4 is 5.73 Å². The van der Waals surface area contributed by atoms with Crippen molar-refractivity contribution in [3.8, 4) is 0 Å². The van der Waals surface area contributed by atoms with Crippen molar-refractivity contribution in [3.05, 3.63) is 0 Å². The molecule has 13 heavy (non-hydrogen) atoms. The van der Waals surface area contributed by atoms with E-state index in [-0.39, 0.29) is 0 Å². The first-order chi connectivity index (χ1) is 6.16. The van der Waals surface area contributed by atoms with Crippen LogP contribution >= 0.6 is 23.5 Å². The highest BCUT2D eigenvalue weighted by Crippen LogP contribution is 2.36.